The number of ether oxygens (including phenoxy) is 1. The van der Waals surface area contributed by atoms with Crippen LogP contribution in [0.3, 0.4) is 0 Å². The van der Waals surface area contributed by atoms with Gasteiger partial charge in [0.2, 0.25) is 5.91 Å². The molecule has 1 heterocycles. The average molecular weight is 276 g/mol. The molecule has 1 amide bonds. The lowest BCUT2D eigenvalue weighted by molar-refractivity contribution is -0.136. The maximum Gasteiger partial charge on any atom is 0.227 e. The molecule has 1 fully saturated rings. The van der Waals surface area contributed by atoms with Crippen LogP contribution in [0.1, 0.15) is 31.7 Å². The number of amides is 1. The molecule has 1 aliphatic heterocycles. The van der Waals surface area contributed by atoms with E-state index < -0.39 is 0 Å². The topological polar surface area (TPSA) is 55.6 Å². The molecule has 0 spiro atoms. The van der Waals surface area contributed by atoms with Gasteiger partial charge >= 0.3 is 0 Å². The number of benzene rings is 1. The van der Waals surface area contributed by atoms with Crippen molar-refractivity contribution < 1.29 is 9.53 Å². The second kappa shape index (κ2) is 6.75. The molecule has 0 aliphatic carbocycles. The SMILES string of the molecule is COc1ccccc1CC(=O)N1C(C)CCCC1CN. The normalized spacial score (nSPS) is 22.6. The van der Waals surface area contributed by atoms with Crippen LogP contribution in [0.25, 0.3) is 0 Å². The van der Waals surface area contributed by atoms with E-state index in [0.29, 0.717) is 13.0 Å². The van der Waals surface area contributed by atoms with Gasteiger partial charge in [-0.1, -0.05) is 18.2 Å². The van der Waals surface area contributed by atoms with E-state index in [-0.39, 0.29) is 18.0 Å². The number of likely N-dealkylation sites (tertiary alicyclic amines) is 1. The number of carbonyl (C=O) groups is 1. The largest absolute Gasteiger partial charge is 0.496 e. The molecule has 4 nitrogen and oxygen atoms in total. The minimum Gasteiger partial charge on any atom is -0.496 e. The number of nitrogens with zero attached hydrogens (tertiary/aromatic N) is 1. The van der Waals surface area contributed by atoms with Crippen LogP contribution in [0.2, 0.25) is 0 Å². The van der Waals surface area contributed by atoms with Crippen molar-refractivity contribution in [3.63, 3.8) is 0 Å². The van der Waals surface area contributed by atoms with E-state index in [4.69, 9.17) is 10.5 Å². The van der Waals surface area contributed by atoms with E-state index in [9.17, 15) is 4.79 Å². The highest BCUT2D eigenvalue weighted by molar-refractivity contribution is 5.80. The minimum absolute atomic E-state index is 0.150. The van der Waals surface area contributed by atoms with Crippen molar-refractivity contribution in [2.24, 2.45) is 5.73 Å². The lowest BCUT2D eigenvalue weighted by atomic mass is 9.95. The third-order valence-corrected chi connectivity index (χ3v) is 4.12. The Morgan fingerprint density at radius 2 is 2.15 bits per heavy atom. The molecule has 20 heavy (non-hydrogen) atoms. The Morgan fingerprint density at radius 3 is 2.85 bits per heavy atom. The van der Waals surface area contributed by atoms with Gasteiger partial charge in [-0.3, -0.25) is 4.79 Å². The number of methoxy groups -OCH3 is 1. The van der Waals surface area contributed by atoms with Gasteiger partial charge in [-0.2, -0.15) is 0 Å². The number of carbonyl (C=O) groups excluding carboxylic acids is 1. The number of rotatable bonds is 4. The van der Waals surface area contributed by atoms with Gasteiger partial charge in [-0.05, 0) is 32.3 Å². The molecule has 0 aromatic heterocycles. The van der Waals surface area contributed by atoms with Crippen LogP contribution in [0, 0.1) is 0 Å². The fourth-order valence-electron chi connectivity index (χ4n) is 3.07. The molecule has 4 heteroatoms. The van der Waals surface area contributed by atoms with E-state index in [2.05, 4.69) is 6.92 Å². The summed E-state index contributed by atoms with van der Waals surface area (Å²) in [5, 5.41) is 0. The molecule has 2 N–H and O–H groups in total. The predicted molar refractivity (Wildman–Crippen MR) is 79.7 cm³/mol. The third-order valence-electron chi connectivity index (χ3n) is 4.12. The number of piperidine rings is 1. The molecule has 0 saturated carbocycles. The fourth-order valence-corrected chi connectivity index (χ4v) is 3.07. The summed E-state index contributed by atoms with van der Waals surface area (Å²) >= 11 is 0. The zero-order chi connectivity index (χ0) is 14.5. The van der Waals surface area contributed by atoms with Crippen LogP contribution in [-0.2, 0) is 11.2 Å². The highest BCUT2D eigenvalue weighted by Crippen LogP contribution is 2.25. The van der Waals surface area contributed by atoms with Crippen molar-refractivity contribution in [2.75, 3.05) is 13.7 Å². The molecule has 1 aromatic rings. The van der Waals surface area contributed by atoms with E-state index >= 15 is 0 Å². The summed E-state index contributed by atoms with van der Waals surface area (Å²) in [7, 11) is 1.63. The highest BCUT2D eigenvalue weighted by atomic mass is 16.5. The van der Waals surface area contributed by atoms with Crippen LogP contribution < -0.4 is 10.5 Å². The Hall–Kier alpha value is -1.55. The molecular formula is C16H24N2O2. The first kappa shape index (κ1) is 14.9. The zero-order valence-electron chi connectivity index (χ0n) is 12.3. The van der Waals surface area contributed by atoms with Crippen molar-refractivity contribution >= 4 is 5.91 Å². The Bertz CT molecular complexity index is 462. The van der Waals surface area contributed by atoms with Crippen LogP contribution >= 0.6 is 0 Å². The van der Waals surface area contributed by atoms with Crippen molar-refractivity contribution in [1.29, 1.82) is 0 Å². The average Bonchev–Trinajstić information content (AvgIpc) is 2.47. The van der Waals surface area contributed by atoms with E-state index in [1.165, 1.54) is 0 Å². The maximum atomic E-state index is 12.6. The van der Waals surface area contributed by atoms with Gasteiger partial charge in [0.25, 0.3) is 0 Å². The van der Waals surface area contributed by atoms with Crippen LogP contribution in [0.4, 0.5) is 0 Å². The van der Waals surface area contributed by atoms with Crippen molar-refractivity contribution in [2.45, 2.75) is 44.7 Å². The first-order chi connectivity index (χ1) is 9.67. The van der Waals surface area contributed by atoms with Gasteiger partial charge in [0.1, 0.15) is 5.75 Å². The molecule has 1 aromatic carbocycles. The molecule has 2 rings (SSSR count). The molecule has 110 valence electrons. The van der Waals surface area contributed by atoms with Crippen LogP contribution in [0.15, 0.2) is 24.3 Å². The number of nitrogens with two attached hydrogens (primary N) is 1. The second-order valence-electron chi connectivity index (χ2n) is 5.46. The van der Waals surface area contributed by atoms with Crippen LogP contribution in [0.5, 0.6) is 5.75 Å². The lowest BCUT2D eigenvalue weighted by Crippen LogP contribution is -2.52. The molecule has 1 aliphatic rings. The fraction of sp³-hybridized carbons (Fsp3) is 0.562. The standard InChI is InChI=1S/C16H24N2O2/c1-12-6-5-8-14(11-17)18(12)16(19)10-13-7-3-4-9-15(13)20-2/h3-4,7,9,12,14H,5-6,8,10-11,17H2,1-2H3. The Kier molecular flexibility index (Phi) is 5.01. The lowest BCUT2D eigenvalue weighted by Gasteiger charge is -2.40. The smallest absolute Gasteiger partial charge is 0.227 e. The van der Waals surface area contributed by atoms with Crippen molar-refractivity contribution in [3.05, 3.63) is 29.8 Å². The molecule has 1 saturated heterocycles. The number of hydrogen-bond donors (Lipinski definition) is 1. The Balaban J connectivity index is 2.13. The van der Waals surface area contributed by atoms with Gasteiger partial charge in [-0.15, -0.1) is 0 Å². The van der Waals surface area contributed by atoms with Crippen molar-refractivity contribution in [3.8, 4) is 5.75 Å². The van der Waals surface area contributed by atoms with Gasteiger partial charge in [0.15, 0.2) is 0 Å². The molecule has 0 bridgehead atoms. The van der Waals surface area contributed by atoms with Gasteiger partial charge in [-0.25, -0.2) is 0 Å². The zero-order valence-corrected chi connectivity index (χ0v) is 12.3. The Labute approximate surface area is 120 Å². The highest BCUT2D eigenvalue weighted by Gasteiger charge is 2.30. The first-order valence-electron chi connectivity index (χ1n) is 7.30. The Morgan fingerprint density at radius 1 is 1.40 bits per heavy atom. The van der Waals surface area contributed by atoms with Gasteiger partial charge in [0.05, 0.1) is 13.5 Å². The van der Waals surface area contributed by atoms with Crippen LogP contribution in [-0.4, -0.2) is 36.5 Å². The van der Waals surface area contributed by atoms with Gasteiger partial charge < -0.3 is 15.4 Å². The molecule has 2 atom stereocenters. The quantitative estimate of drug-likeness (QED) is 0.914. The van der Waals surface area contributed by atoms with Crippen molar-refractivity contribution in [1.82, 2.24) is 4.90 Å². The predicted octanol–water partition coefficient (Wildman–Crippen LogP) is 1.97. The minimum atomic E-state index is 0.150. The summed E-state index contributed by atoms with van der Waals surface area (Å²) in [5.41, 5.74) is 6.76. The summed E-state index contributed by atoms with van der Waals surface area (Å²) in [6.07, 6.45) is 3.61. The first-order valence-corrected chi connectivity index (χ1v) is 7.30. The second-order valence-corrected chi connectivity index (χ2v) is 5.46. The third kappa shape index (κ3) is 3.12. The number of hydrogen-bond acceptors (Lipinski definition) is 3. The summed E-state index contributed by atoms with van der Waals surface area (Å²) in [5.74, 6) is 0.923. The van der Waals surface area contributed by atoms with E-state index in [1.54, 1.807) is 7.11 Å². The monoisotopic (exact) mass is 276 g/mol. The summed E-state index contributed by atoms with van der Waals surface area (Å²) < 4.78 is 5.32. The molecule has 2 unspecified atom stereocenters. The maximum absolute atomic E-state index is 12.6. The molecular weight excluding hydrogens is 252 g/mol. The number of para-hydroxylation sites is 1. The summed E-state index contributed by atoms with van der Waals surface area (Å²) in [4.78, 5) is 14.6. The van der Waals surface area contributed by atoms with E-state index in [1.807, 2.05) is 29.2 Å². The summed E-state index contributed by atoms with van der Waals surface area (Å²) in [6.45, 7) is 2.66. The summed E-state index contributed by atoms with van der Waals surface area (Å²) in [6, 6.07) is 8.15. The van der Waals surface area contributed by atoms with Gasteiger partial charge in [0, 0.05) is 24.2 Å². The van der Waals surface area contributed by atoms with E-state index in [0.717, 1.165) is 30.6 Å². The molecule has 0 radical (unpaired) electrons.